The van der Waals surface area contributed by atoms with Crippen LogP contribution < -0.4 is 14.8 Å². The predicted molar refractivity (Wildman–Crippen MR) is 96.9 cm³/mol. The minimum absolute atomic E-state index is 0.0378. The Bertz CT molecular complexity index is 680. The van der Waals surface area contributed by atoms with Gasteiger partial charge < -0.3 is 14.8 Å². The van der Waals surface area contributed by atoms with E-state index in [1.165, 1.54) is 0 Å². The molecule has 0 aliphatic heterocycles. The molecule has 0 heterocycles. The van der Waals surface area contributed by atoms with Crippen molar-refractivity contribution in [1.82, 2.24) is 0 Å². The van der Waals surface area contributed by atoms with E-state index < -0.39 is 0 Å². The van der Waals surface area contributed by atoms with Gasteiger partial charge in [0, 0.05) is 5.56 Å². The number of hydrogen-bond acceptors (Lipinski definition) is 3. The molecule has 0 radical (unpaired) electrons. The molecule has 2 rings (SSSR count). The molecule has 2 aromatic rings. The Balaban J connectivity index is 2.11. The lowest BCUT2D eigenvalue weighted by Gasteiger charge is -2.15. The molecule has 0 unspecified atom stereocenters. The summed E-state index contributed by atoms with van der Waals surface area (Å²) in [5.74, 6) is 1.60. The number of anilines is 1. The quantitative estimate of drug-likeness (QED) is 0.797. The van der Waals surface area contributed by atoms with Crippen LogP contribution in [0.2, 0.25) is 0 Å². The van der Waals surface area contributed by atoms with Gasteiger partial charge in [0.2, 0.25) is 0 Å². The Morgan fingerprint density at radius 1 is 1.04 bits per heavy atom. The molecular formula is C20H25NO3. The van der Waals surface area contributed by atoms with E-state index in [0.717, 1.165) is 0 Å². The Labute approximate surface area is 143 Å². The number of benzene rings is 2. The first-order valence-corrected chi connectivity index (χ1v) is 8.25. The zero-order chi connectivity index (χ0) is 17.5. The largest absolute Gasteiger partial charge is 0.493 e. The molecule has 0 atom stereocenters. The normalized spacial score (nSPS) is 10.8. The third kappa shape index (κ3) is 5.30. The molecule has 0 aromatic heterocycles. The molecule has 0 fully saturated rings. The van der Waals surface area contributed by atoms with E-state index in [0.29, 0.717) is 35.3 Å². The van der Waals surface area contributed by atoms with Crippen molar-refractivity contribution in [2.75, 3.05) is 11.9 Å². The van der Waals surface area contributed by atoms with Crippen LogP contribution >= 0.6 is 0 Å². The van der Waals surface area contributed by atoms with Gasteiger partial charge in [0.25, 0.3) is 5.91 Å². The third-order valence-corrected chi connectivity index (χ3v) is 3.18. The van der Waals surface area contributed by atoms with E-state index in [1.54, 1.807) is 12.1 Å². The molecule has 4 nitrogen and oxygen atoms in total. The number of nitrogens with one attached hydrogen (secondary N) is 1. The fourth-order valence-corrected chi connectivity index (χ4v) is 2.11. The van der Waals surface area contributed by atoms with Gasteiger partial charge in [0.05, 0.1) is 18.4 Å². The van der Waals surface area contributed by atoms with Crippen LogP contribution in [0.15, 0.2) is 48.5 Å². The second kappa shape index (κ2) is 8.39. The second-order valence-electron chi connectivity index (χ2n) is 6.35. The molecule has 0 aliphatic carbocycles. The van der Waals surface area contributed by atoms with Crippen LogP contribution in [-0.4, -0.2) is 18.6 Å². The van der Waals surface area contributed by atoms with Crippen LogP contribution in [0, 0.1) is 5.92 Å². The summed E-state index contributed by atoms with van der Waals surface area (Å²) >= 11 is 0. The van der Waals surface area contributed by atoms with Gasteiger partial charge in [-0.2, -0.15) is 0 Å². The first-order chi connectivity index (χ1) is 11.5. The van der Waals surface area contributed by atoms with Gasteiger partial charge in [-0.15, -0.1) is 0 Å². The lowest BCUT2D eigenvalue weighted by Crippen LogP contribution is -2.14. The summed E-state index contributed by atoms with van der Waals surface area (Å²) in [6.07, 6.45) is 0.0378. The van der Waals surface area contributed by atoms with Gasteiger partial charge in [-0.1, -0.05) is 32.0 Å². The molecule has 24 heavy (non-hydrogen) atoms. The summed E-state index contributed by atoms with van der Waals surface area (Å²) in [5, 5.41) is 2.90. The van der Waals surface area contributed by atoms with E-state index in [4.69, 9.17) is 9.47 Å². The van der Waals surface area contributed by atoms with Crippen LogP contribution in [0.5, 0.6) is 11.5 Å². The van der Waals surface area contributed by atoms with E-state index in [2.05, 4.69) is 19.2 Å². The van der Waals surface area contributed by atoms with Crippen molar-refractivity contribution < 1.29 is 14.3 Å². The highest BCUT2D eigenvalue weighted by molar-refractivity contribution is 6.05. The first kappa shape index (κ1) is 17.9. The Kier molecular flexibility index (Phi) is 6.24. The van der Waals surface area contributed by atoms with Gasteiger partial charge in [0.1, 0.15) is 11.5 Å². The zero-order valence-corrected chi connectivity index (χ0v) is 14.7. The number of rotatable bonds is 7. The molecule has 4 heteroatoms. The topological polar surface area (TPSA) is 47.6 Å². The van der Waals surface area contributed by atoms with Gasteiger partial charge in [-0.3, -0.25) is 4.79 Å². The van der Waals surface area contributed by atoms with Crippen LogP contribution in [-0.2, 0) is 0 Å². The molecule has 0 saturated heterocycles. The van der Waals surface area contributed by atoms with E-state index >= 15 is 0 Å². The number of amides is 1. The molecule has 128 valence electrons. The van der Waals surface area contributed by atoms with E-state index in [9.17, 15) is 4.79 Å². The maximum absolute atomic E-state index is 12.5. The summed E-state index contributed by atoms with van der Waals surface area (Å²) in [4.78, 5) is 12.5. The van der Waals surface area contributed by atoms with Crippen LogP contribution in [0.3, 0.4) is 0 Å². The molecule has 1 amide bonds. The lowest BCUT2D eigenvalue weighted by molar-refractivity contribution is 0.102. The minimum atomic E-state index is -0.190. The maximum atomic E-state index is 12.5. The highest BCUT2D eigenvalue weighted by Crippen LogP contribution is 2.26. The van der Waals surface area contributed by atoms with Crippen molar-refractivity contribution in [3.8, 4) is 11.5 Å². The monoisotopic (exact) mass is 327 g/mol. The average molecular weight is 327 g/mol. The molecule has 0 saturated carbocycles. The van der Waals surface area contributed by atoms with Crippen LogP contribution in [0.4, 0.5) is 5.69 Å². The van der Waals surface area contributed by atoms with Crippen molar-refractivity contribution >= 4 is 11.6 Å². The van der Waals surface area contributed by atoms with Crippen molar-refractivity contribution in [3.63, 3.8) is 0 Å². The van der Waals surface area contributed by atoms with Crippen molar-refractivity contribution in [2.24, 2.45) is 5.92 Å². The molecule has 1 N–H and O–H groups in total. The van der Waals surface area contributed by atoms with Gasteiger partial charge in [-0.25, -0.2) is 0 Å². The number of hydrogen-bond donors (Lipinski definition) is 1. The fourth-order valence-electron chi connectivity index (χ4n) is 2.11. The summed E-state index contributed by atoms with van der Waals surface area (Å²) in [6, 6.07) is 14.6. The summed E-state index contributed by atoms with van der Waals surface area (Å²) in [5.41, 5.74) is 1.21. The van der Waals surface area contributed by atoms with Crippen LogP contribution in [0.1, 0.15) is 38.1 Å². The highest BCUT2D eigenvalue weighted by Gasteiger charge is 2.11. The Morgan fingerprint density at radius 3 is 2.50 bits per heavy atom. The number of carbonyl (C=O) groups is 1. The first-order valence-electron chi connectivity index (χ1n) is 8.25. The minimum Gasteiger partial charge on any atom is -0.493 e. The van der Waals surface area contributed by atoms with Gasteiger partial charge >= 0.3 is 0 Å². The third-order valence-electron chi connectivity index (χ3n) is 3.18. The molecular weight excluding hydrogens is 302 g/mol. The zero-order valence-electron chi connectivity index (χ0n) is 14.7. The number of para-hydroxylation sites is 2. The molecule has 0 aliphatic rings. The Hall–Kier alpha value is -2.49. The molecule has 2 aromatic carbocycles. The summed E-state index contributed by atoms with van der Waals surface area (Å²) in [6.45, 7) is 8.70. The smallest absolute Gasteiger partial charge is 0.255 e. The average Bonchev–Trinajstić information content (AvgIpc) is 2.54. The maximum Gasteiger partial charge on any atom is 0.255 e. The van der Waals surface area contributed by atoms with Crippen molar-refractivity contribution in [1.29, 1.82) is 0 Å². The SMILES string of the molecule is CC(C)COc1cccc(C(=O)Nc2ccccc2OC(C)C)c1. The number of ether oxygens (including phenoxy) is 2. The van der Waals surface area contributed by atoms with Crippen LogP contribution in [0.25, 0.3) is 0 Å². The Morgan fingerprint density at radius 2 is 1.79 bits per heavy atom. The lowest BCUT2D eigenvalue weighted by atomic mass is 10.2. The predicted octanol–water partition coefficient (Wildman–Crippen LogP) is 4.76. The van der Waals surface area contributed by atoms with Gasteiger partial charge in [-0.05, 0) is 50.1 Å². The highest BCUT2D eigenvalue weighted by atomic mass is 16.5. The summed E-state index contributed by atoms with van der Waals surface area (Å²) < 4.78 is 11.4. The van der Waals surface area contributed by atoms with E-state index in [-0.39, 0.29) is 12.0 Å². The fraction of sp³-hybridized carbons (Fsp3) is 0.350. The standard InChI is InChI=1S/C20H25NO3/c1-14(2)13-23-17-9-7-8-16(12-17)20(22)21-18-10-5-6-11-19(18)24-15(3)4/h5-12,14-15H,13H2,1-4H3,(H,21,22). The van der Waals surface area contributed by atoms with Gasteiger partial charge in [0.15, 0.2) is 0 Å². The van der Waals surface area contributed by atoms with Crippen molar-refractivity contribution in [3.05, 3.63) is 54.1 Å². The van der Waals surface area contributed by atoms with Crippen molar-refractivity contribution in [2.45, 2.75) is 33.8 Å². The molecule has 0 spiro atoms. The summed E-state index contributed by atoms with van der Waals surface area (Å²) in [7, 11) is 0. The molecule has 0 bridgehead atoms. The number of carbonyl (C=O) groups excluding carboxylic acids is 1. The van der Waals surface area contributed by atoms with E-state index in [1.807, 2.05) is 50.2 Å². The second-order valence-corrected chi connectivity index (χ2v) is 6.35.